The maximum absolute atomic E-state index is 11.0. The molecule has 0 aliphatic carbocycles. The number of pyridine rings is 1. The van der Waals surface area contributed by atoms with Gasteiger partial charge < -0.3 is 21.6 Å². The van der Waals surface area contributed by atoms with Gasteiger partial charge in [0.1, 0.15) is 5.69 Å². The highest BCUT2D eigenvalue weighted by molar-refractivity contribution is 5.95. The van der Waals surface area contributed by atoms with Crippen LogP contribution in [-0.4, -0.2) is 35.5 Å². The predicted octanol–water partition coefficient (Wildman–Crippen LogP) is -0.988. The van der Waals surface area contributed by atoms with Crippen LogP contribution in [0.2, 0.25) is 0 Å². The van der Waals surface area contributed by atoms with Crippen molar-refractivity contribution in [1.29, 1.82) is 0 Å². The summed E-state index contributed by atoms with van der Waals surface area (Å²) in [4.78, 5) is 14.9. The fraction of sp³-hybridized carbons (Fsp3) is 0.300. The van der Waals surface area contributed by atoms with Crippen molar-refractivity contribution in [3.63, 3.8) is 0 Å². The molecule has 0 unspecified atom stereocenters. The fourth-order valence-corrected chi connectivity index (χ4v) is 1.18. The average molecular weight is 237 g/mol. The molecule has 1 amide bonds. The number of amidine groups is 1. The van der Waals surface area contributed by atoms with E-state index in [0.717, 1.165) is 5.56 Å². The molecule has 92 valence electrons. The quantitative estimate of drug-likeness (QED) is 0.227. The van der Waals surface area contributed by atoms with Gasteiger partial charge in [-0.05, 0) is 17.7 Å². The molecule has 7 nitrogen and oxygen atoms in total. The number of carbonyl (C=O) groups is 1. The van der Waals surface area contributed by atoms with Crippen LogP contribution >= 0.6 is 0 Å². The molecule has 1 heterocycles. The number of nitrogens with two attached hydrogens (primary N) is 1. The van der Waals surface area contributed by atoms with Crippen molar-refractivity contribution in [3.8, 4) is 0 Å². The van der Waals surface area contributed by atoms with Crippen molar-refractivity contribution in [1.82, 2.24) is 15.6 Å². The maximum atomic E-state index is 11.0. The minimum atomic E-state index is -0.0873. The Hall–Kier alpha value is -2.15. The predicted molar refractivity (Wildman–Crippen MR) is 62.5 cm³/mol. The topological polar surface area (TPSA) is 113 Å². The molecule has 0 aromatic carbocycles. The lowest BCUT2D eigenvalue weighted by Crippen LogP contribution is -2.31. The van der Waals surface area contributed by atoms with Crippen LogP contribution in [0.25, 0.3) is 0 Å². The van der Waals surface area contributed by atoms with E-state index in [1.54, 1.807) is 25.4 Å². The zero-order valence-electron chi connectivity index (χ0n) is 9.47. The van der Waals surface area contributed by atoms with Gasteiger partial charge in [-0.25, -0.2) is 0 Å². The Balaban J connectivity index is 2.57. The monoisotopic (exact) mass is 237 g/mol. The number of hydrogen-bond acceptors (Lipinski definition) is 5. The number of amides is 1. The molecule has 1 aromatic heterocycles. The average Bonchev–Trinajstić information content (AvgIpc) is 2.38. The van der Waals surface area contributed by atoms with E-state index < -0.39 is 0 Å². The molecule has 0 atom stereocenters. The lowest BCUT2D eigenvalue weighted by Gasteiger charge is -2.05. The Morgan fingerprint density at radius 3 is 3.06 bits per heavy atom. The molecule has 0 aliphatic rings. The highest BCUT2D eigenvalue weighted by Gasteiger charge is 2.02. The summed E-state index contributed by atoms with van der Waals surface area (Å²) in [6, 6.07) is 3.47. The minimum absolute atomic E-state index is 0.0434. The van der Waals surface area contributed by atoms with Crippen LogP contribution in [0.1, 0.15) is 11.3 Å². The van der Waals surface area contributed by atoms with E-state index in [4.69, 9.17) is 10.9 Å². The van der Waals surface area contributed by atoms with Crippen molar-refractivity contribution in [2.45, 2.75) is 6.54 Å². The Labute approximate surface area is 98.7 Å². The molecule has 0 spiro atoms. The minimum Gasteiger partial charge on any atom is -0.409 e. The van der Waals surface area contributed by atoms with Crippen molar-refractivity contribution < 1.29 is 10.0 Å². The van der Waals surface area contributed by atoms with Gasteiger partial charge >= 0.3 is 0 Å². The van der Waals surface area contributed by atoms with Gasteiger partial charge in [0.05, 0.1) is 6.54 Å². The number of nitrogens with zero attached hydrogens (tertiary/aromatic N) is 2. The maximum Gasteiger partial charge on any atom is 0.233 e. The first-order valence-electron chi connectivity index (χ1n) is 5.01. The van der Waals surface area contributed by atoms with E-state index in [-0.39, 0.29) is 18.3 Å². The molecule has 1 aromatic rings. The number of carbonyl (C=O) groups excluding carboxylic acids is 1. The first-order chi connectivity index (χ1) is 8.17. The van der Waals surface area contributed by atoms with Crippen LogP contribution in [0, 0.1) is 0 Å². The van der Waals surface area contributed by atoms with Crippen LogP contribution in [0.4, 0.5) is 0 Å². The Morgan fingerprint density at radius 2 is 2.41 bits per heavy atom. The van der Waals surface area contributed by atoms with E-state index in [0.29, 0.717) is 12.2 Å². The molecule has 1 rings (SSSR count). The standard InChI is InChI=1S/C10H15N5O2/c1-12-9(16)6-13-5-7-2-3-14-8(4-7)10(11)15-17/h2-4,13,17H,5-6H2,1H3,(H2,11,15)(H,12,16). The van der Waals surface area contributed by atoms with Crippen molar-refractivity contribution >= 4 is 11.7 Å². The first-order valence-corrected chi connectivity index (χ1v) is 5.01. The van der Waals surface area contributed by atoms with E-state index >= 15 is 0 Å². The first kappa shape index (κ1) is 12.9. The van der Waals surface area contributed by atoms with Gasteiger partial charge in [0.15, 0.2) is 5.84 Å². The molecular weight excluding hydrogens is 222 g/mol. The van der Waals surface area contributed by atoms with Gasteiger partial charge in [-0.3, -0.25) is 9.78 Å². The van der Waals surface area contributed by atoms with Gasteiger partial charge in [-0.2, -0.15) is 0 Å². The largest absolute Gasteiger partial charge is 0.409 e. The molecule has 0 fully saturated rings. The van der Waals surface area contributed by atoms with E-state index in [1.165, 1.54) is 0 Å². The molecular formula is C10H15N5O2. The SMILES string of the molecule is CNC(=O)CNCc1ccnc(C(N)=NO)c1. The molecule has 0 saturated heterocycles. The third-order valence-corrected chi connectivity index (χ3v) is 2.09. The molecule has 0 radical (unpaired) electrons. The summed E-state index contributed by atoms with van der Waals surface area (Å²) in [5.74, 6) is -0.131. The van der Waals surface area contributed by atoms with Gasteiger partial charge in [0, 0.05) is 19.8 Å². The Bertz CT molecular complexity index is 419. The van der Waals surface area contributed by atoms with Crippen LogP contribution in [0.5, 0.6) is 0 Å². The fourth-order valence-electron chi connectivity index (χ4n) is 1.18. The summed E-state index contributed by atoms with van der Waals surface area (Å²) in [6.07, 6.45) is 1.56. The van der Waals surface area contributed by atoms with Crippen LogP contribution in [-0.2, 0) is 11.3 Å². The second-order valence-corrected chi connectivity index (χ2v) is 3.31. The zero-order valence-corrected chi connectivity index (χ0v) is 9.47. The summed E-state index contributed by atoms with van der Waals surface area (Å²) >= 11 is 0. The summed E-state index contributed by atoms with van der Waals surface area (Å²) in [5, 5.41) is 16.8. The number of hydrogen-bond donors (Lipinski definition) is 4. The molecule has 0 saturated carbocycles. The highest BCUT2D eigenvalue weighted by atomic mass is 16.4. The lowest BCUT2D eigenvalue weighted by molar-refractivity contribution is -0.119. The number of oxime groups is 1. The summed E-state index contributed by atoms with van der Waals surface area (Å²) in [6.45, 7) is 0.735. The number of rotatable bonds is 5. The second-order valence-electron chi connectivity index (χ2n) is 3.31. The summed E-state index contributed by atoms with van der Waals surface area (Å²) < 4.78 is 0. The Morgan fingerprint density at radius 1 is 1.65 bits per heavy atom. The normalized spacial score (nSPS) is 11.2. The second kappa shape index (κ2) is 6.44. The van der Waals surface area contributed by atoms with Crippen molar-refractivity contribution in [2.75, 3.05) is 13.6 Å². The van der Waals surface area contributed by atoms with Crippen LogP contribution in [0.15, 0.2) is 23.5 Å². The van der Waals surface area contributed by atoms with Gasteiger partial charge in [0.25, 0.3) is 0 Å². The van der Waals surface area contributed by atoms with E-state index in [1.807, 2.05) is 0 Å². The summed E-state index contributed by atoms with van der Waals surface area (Å²) in [7, 11) is 1.58. The van der Waals surface area contributed by atoms with Crippen LogP contribution in [0.3, 0.4) is 0 Å². The van der Waals surface area contributed by atoms with Gasteiger partial charge in [-0.1, -0.05) is 5.16 Å². The van der Waals surface area contributed by atoms with E-state index in [2.05, 4.69) is 20.8 Å². The van der Waals surface area contributed by atoms with E-state index in [9.17, 15) is 4.79 Å². The van der Waals surface area contributed by atoms with Gasteiger partial charge in [0.2, 0.25) is 5.91 Å². The third-order valence-electron chi connectivity index (χ3n) is 2.09. The molecule has 17 heavy (non-hydrogen) atoms. The third kappa shape index (κ3) is 4.07. The number of aromatic nitrogens is 1. The molecule has 5 N–H and O–H groups in total. The number of nitrogens with one attached hydrogen (secondary N) is 2. The van der Waals surface area contributed by atoms with Crippen LogP contribution < -0.4 is 16.4 Å². The zero-order chi connectivity index (χ0) is 12.7. The van der Waals surface area contributed by atoms with Crippen molar-refractivity contribution in [3.05, 3.63) is 29.6 Å². The smallest absolute Gasteiger partial charge is 0.233 e. The molecule has 7 heteroatoms. The Kier molecular flexibility index (Phi) is 4.89. The molecule has 0 aliphatic heterocycles. The lowest BCUT2D eigenvalue weighted by atomic mass is 10.2. The number of likely N-dealkylation sites (N-methyl/N-ethyl adjacent to an activating group) is 1. The highest BCUT2D eigenvalue weighted by Crippen LogP contribution is 2.01. The van der Waals surface area contributed by atoms with Crippen molar-refractivity contribution in [2.24, 2.45) is 10.9 Å². The van der Waals surface area contributed by atoms with Gasteiger partial charge in [-0.15, -0.1) is 0 Å². The summed E-state index contributed by atoms with van der Waals surface area (Å²) in [5.41, 5.74) is 6.70. The molecule has 0 bridgehead atoms.